The molecule has 0 aliphatic heterocycles. The average Bonchev–Trinajstić information content (AvgIpc) is 2.75. The van der Waals surface area contributed by atoms with Gasteiger partial charge in [-0.1, -0.05) is 23.7 Å². The van der Waals surface area contributed by atoms with Crippen LogP contribution in [0.15, 0.2) is 42.6 Å². The second kappa shape index (κ2) is 5.06. The predicted molar refractivity (Wildman–Crippen MR) is 80.4 cm³/mol. The number of methoxy groups -OCH3 is 1. The fraction of sp³-hybridized carbons (Fsp3) is 0.133. The minimum Gasteiger partial charge on any atom is -0.497 e. The third-order valence-electron chi connectivity index (χ3n) is 3.23. The number of hydrogen-bond acceptors (Lipinski definition) is 3. The molecular formula is C15H14ClN3O. The Balaban J connectivity index is 1.95. The number of nitrogens with two attached hydrogens (primary N) is 1. The molecule has 2 heterocycles. The first kappa shape index (κ1) is 12.8. The van der Waals surface area contributed by atoms with Crippen LogP contribution in [0.3, 0.4) is 0 Å². The lowest BCUT2D eigenvalue weighted by Gasteiger charge is -2.02. The molecule has 0 saturated heterocycles. The fourth-order valence-electron chi connectivity index (χ4n) is 2.15. The first-order valence-corrected chi connectivity index (χ1v) is 6.60. The van der Waals surface area contributed by atoms with Gasteiger partial charge >= 0.3 is 0 Å². The molecule has 0 amide bonds. The first-order valence-electron chi connectivity index (χ1n) is 6.22. The lowest BCUT2D eigenvalue weighted by atomic mass is 10.1. The van der Waals surface area contributed by atoms with E-state index in [4.69, 9.17) is 22.1 Å². The van der Waals surface area contributed by atoms with Crippen LogP contribution >= 0.6 is 11.6 Å². The molecule has 4 nitrogen and oxygen atoms in total. The first-order chi connectivity index (χ1) is 9.67. The molecule has 1 aromatic carbocycles. The van der Waals surface area contributed by atoms with Gasteiger partial charge in [0.25, 0.3) is 0 Å². The van der Waals surface area contributed by atoms with Gasteiger partial charge in [0.15, 0.2) is 0 Å². The minimum atomic E-state index is 0.646. The molecule has 2 N–H and O–H groups in total. The molecule has 5 heteroatoms. The van der Waals surface area contributed by atoms with Crippen molar-refractivity contribution in [3.63, 3.8) is 0 Å². The number of ether oxygens (including phenoxy) is 1. The number of fused-ring (bicyclic) bond motifs is 1. The summed E-state index contributed by atoms with van der Waals surface area (Å²) in [6.45, 7) is 0. The van der Waals surface area contributed by atoms with E-state index < -0.39 is 0 Å². The monoisotopic (exact) mass is 287 g/mol. The lowest BCUT2D eigenvalue weighted by Crippen LogP contribution is -1.97. The Morgan fingerprint density at radius 3 is 2.70 bits per heavy atom. The van der Waals surface area contributed by atoms with E-state index in [1.165, 1.54) is 0 Å². The van der Waals surface area contributed by atoms with Crippen molar-refractivity contribution in [3.8, 4) is 5.75 Å². The van der Waals surface area contributed by atoms with Gasteiger partial charge in [0.05, 0.1) is 12.8 Å². The molecule has 0 radical (unpaired) electrons. The van der Waals surface area contributed by atoms with E-state index in [9.17, 15) is 0 Å². The lowest BCUT2D eigenvalue weighted by molar-refractivity contribution is 0.414. The quantitative estimate of drug-likeness (QED) is 0.805. The Labute approximate surface area is 121 Å². The van der Waals surface area contributed by atoms with Crippen LogP contribution in [0.2, 0.25) is 5.02 Å². The van der Waals surface area contributed by atoms with Crippen molar-refractivity contribution >= 4 is 23.1 Å². The smallest absolute Gasteiger partial charge is 0.140 e. The number of anilines is 1. The largest absolute Gasteiger partial charge is 0.497 e. The number of pyridine rings is 1. The van der Waals surface area contributed by atoms with Gasteiger partial charge in [0.1, 0.15) is 17.2 Å². The van der Waals surface area contributed by atoms with Gasteiger partial charge in [-0.3, -0.25) is 4.40 Å². The maximum Gasteiger partial charge on any atom is 0.140 e. The second-order valence-corrected chi connectivity index (χ2v) is 4.98. The second-order valence-electron chi connectivity index (χ2n) is 4.54. The summed E-state index contributed by atoms with van der Waals surface area (Å²) in [5.74, 6) is 1.48. The Morgan fingerprint density at radius 2 is 2.00 bits per heavy atom. The van der Waals surface area contributed by atoms with Crippen LogP contribution < -0.4 is 10.5 Å². The van der Waals surface area contributed by atoms with Gasteiger partial charge in [-0.05, 0) is 23.8 Å². The molecule has 0 unspecified atom stereocenters. The third kappa shape index (κ3) is 2.30. The van der Waals surface area contributed by atoms with Crippen molar-refractivity contribution in [2.45, 2.75) is 6.42 Å². The maximum absolute atomic E-state index is 6.13. The zero-order chi connectivity index (χ0) is 14.1. The number of nitrogens with zero attached hydrogens (tertiary/aromatic N) is 2. The van der Waals surface area contributed by atoms with E-state index in [1.807, 2.05) is 34.9 Å². The van der Waals surface area contributed by atoms with Crippen LogP contribution in [0.5, 0.6) is 5.75 Å². The molecule has 20 heavy (non-hydrogen) atoms. The number of aromatic nitrogens is 2. The van der Waals surface area contributed by atoms with Gasteiger partial charge < -0.3 is 10.5 Å². The van der Waals surface area contributed by atoms with Crippen LogP contribution in [-0.2, 0) is 6.42 Å². The molecule has 0 spiro atoms. The Hall–Kier alpha value is -2.20. The summed E-state index contributed by atoms with van der Waals surface area (Å²) in [6.07, 6.45) is 2.51. The molecule has 0 fully saturated rings. The van der Waals surface area contributed by atoms with Crippen LogP contribution in [-0.4, -0.2) is 16.5 Å². The molecule has 3 aromatic rings. The van der Waals surface area contributed by atoms with Gasteiger partial charge in [0, 0.05) is 23.7 Å². The standard InChI is InChI=1S/C15H14ClN3O/c1-20-12-4-2-10(3-5-12)8-13-15(17)19-7-6-11(16)9-14(19)18-13/h2-7,9H,8,17H2,1H3. The zero-order valence-corrected chi connectivity index (χ0v) is 11.8. The Bertz CT molecular complexity index is 750. The SMILES string of the molecule is COc1ccc(Cc2nc3cc(Cl)ccn3c2N)cc1. The number of nitrogen functional groups attached to an aromatic ring is 1. The Kier molecular flexibility index (Phi) is 3.24. The predicted octanol–water partition coefficient (Wildman–Crippen LogP) is 3.17. The van der Waals surface area contributed by atoms with Crippen LogP contribution in [0.25, 0.3) is 5.65 Å². The molecule has 102 valence electrons. The number of rotatable bonds is 3. The summed E-state index contributed by atoms with van der Waals surface area (Å²) in [6, 6.07) is 11.5. The van der Waals surface area contributed by atoms with Gasteiger partial charge in [0.2, 0.25) is 0 Å². The highest BCUT2D eigenvalue weighted by atomic mass is 35.5. The number of halogens is 1. The molecule has 2 aromatic heterocycles. The molecular weight excluding hydrogens is 274 g/mol. The van der Waals surface area contributed by atoms with Crippen molar-refractivity contribution < 1.29 is 4.74 Å². The molecule has 0 aliphatic rings. The van der Waals surface area contributed by atoms with E-state index in [0.29, 0.717) is 17.3 Å². The van der Waals surface area contributed by atoms with Gasteiger partial charge in [-0.15, -0.1) is 0 Å². The van der Waals surface area contributed by atoms with Crippen molar-refractivity contribution in [2.75, 3.05) is 12.8 Å². The van der Waals surface area contributed by atoms with E-state index in [-0.39, 0.29) is 0 Å². The topological polar surface area (TPSA) is 52.5 Å². The summed E-state index contributed by atoms with van der Waals surface area (Å²) in [5.41, 5.74) is 8.86. The minimum absolute atomic E-state index is 0.646. The highest BCUT2D eigenvalue weighted by molar-refractivity contribution is 6.30. The molecule has 0 bridgehead atoms. The highest BCUT2D eigenvalue weighted by Crippen LogP contribution is 2.21. The summed E-state index contributed by atoms with van der Waals surface area (Å²) < 4.78 is 6.98. The van der Waals surface area contributed by atoms with E-state index in [0.717, 1.165) is 22.7 Å². The molecule has 0 saturated carbocycles. The molecule has 3 rings (SSSR count). The number of imidazole rings is 1. The number of benzene rings is 1. The van der Waals surface area contributed by atoms with Crippen molar-refractivity contribution in [2.24, 2.45) is 0 Å². The zero-order valence-electron chi connectivity index (χ0n) is 11.0. The van der Waals surface area contributed by atoms with E-state index in [2.05, 4.69) is 4.98 Å². The number of hydrogen-bond donors (Lipinski definition) is 1. The highest BCUT2D eigenvalue weighted by Gasteiger charge is 2.10. The molecule has 0 aliphatic carbocycles. The van der Waals surface area contributed by atoms with Crippen LogP contribution in [0.1, 0.15) is 11.3 Å². The normalized spacial score (nSPS) is 10.9. The van der Waals surface area contributed by atoms with E-state index >= 15 is 0 Å². The summed E-state index contributed by atoms with van der Waals surface area (Å²) in [4.78, 5) is 4.53. The van der Waals surface area contributed by atoms with Crippen LogP contribution in [0.4, 0.5) is 5.82 Å². The Morgan fingerprint density at radius 1 is 1.25 bits per heavy atom. The summed E-state index contributed by atoms with van der Waals surface area (Å²) in [7, 11) is 1.65. The summed E-state index contributed by atoms with van der Waals surface area (Å²) >= 11 is 5.97. The van der Waals surface area contributed by atoms with Gasteiger partial charge in [-0.25, -0.2) is 4.98 Å². The van der Waals surface area contributed by atoms with Gasteiger partial charge in [-0.2, -0.15) is 0 Å². The van der Waals surface area contributed by atoms with Crippen molar-refractivity contribution in [1.82, 2.24) is 9.38 Å². The maximum atomic E-state index is 6.13. The fourth-order valence-corrected chi connectivity index (χ4v) is 2.31. The third-order valence-corrected chi connectivity index (χ3v) is 3.47. The van der Waals surface area contributed by atoms with E-state index in [1.54, 1.807) is 19.2 Å². The van der Waals surface area contributed by atoms with Crippen LogP contribution in [0, 0.1) is 0 Å². The van der Waals surface area contributed by atoms with Crippen molar-refractivity contribution in [3.05, 3.63) is 58.9 Å². The summed E-state index contributed by atoms with van der Waals surface area (Å²) in [5, 5.41) is 0.651. The average molecular weight is 288 g/mol. The molecule has 0 atom stereocenters. The van der Waals surface area contributed by atoms with Crippen molar-refractivity contribution in [1.29, 1.82) is 0 Å².